The van der Waals surface area contributed by atoms with Gasteiger partial charge in [-0.15, -0.1) is 0 Å². The lowest BCUT2D eigenvalue weighted by atomic mass is 9.60. The molecule has 1 saturated heterocycles. The summed E-state index contributed by atoms with van der Waals surface area (Å²) in [5.41, 5.74) is 3.27. The summed E-state index contributed by atoms with van der Waals surface area (Å²) in [6.07, 6.45) is 3.89. The van der Waals surface area contributed by atoms with Gasteiger partial charge >= 0.3 is 0 Å². The number of rotatable bonds is 1. The molecule has 1 aromatic rings. The lowest BCUT2D eigenvalue weighted by molar-refractivity contribution is 0.0637. The molecular formula is C17H25NO. The number of likely N-dealkylation sites (tertiary alicyclic amines) is 1. The maximum absolute atomic E-state index is 5.42. The molecule has 1 aliphatic heterocycles. The van der Waals surface area contributed by atoms with Gasteiger partial charge in [-0.2, -0.15) is 0 Å². The van der Waals surface area contributed by atoms with E-state index in [0.29, 0.717) is 6.04 Å². The number of benzene rings is 1. The zero-order valence-electron chi connectivity index (χ0n) is 12.6. The first-order valence-electron chi connectivity index (χ1n) is 7.41. The zero-order valence-corrected chi connectivity index (χ0v) is 12.6. The summed E-state index contributed by atoms with van der Waals surface area (Å²) in [6, 6.07) is 7.36. The molecule has 0 unspecified atom stereocenters. The third-order valence-electron chi connectivity index (χ3n) is 5.42. The Labute approximate surface area is 116 Å². The Morgan fingerprint density at radius 1 is 1.32 bits per heavy atom. The maximum Gasteiger partial charge on any atom is 0.119 e. The standard InChI is InChI=1S/C17H25NO/c1-17(2)14-6-5-9-18(3)16(14)10-12-7-8-13(19-4)11-15(12)17/h7-8,11,14,16H,5-6,9-10H2,1-4H3/t14-,16+/m0/s1. The molecule has 1 fully saturated rings. The Morgan fingerprint density at radius 2 is 2.11 bits per heavy atom. The van der Waals surface area contributed by atoms with Crippen molar-refractivity contribution in [2.24, 2.45) is 5.92 Å². The highest BCUT2D eigenvalue weighted by atomic mass is 16.5. The third kappa shape index (κ3) is 1.97. The van der Waals surface area contributed by atoms with Gasteiger partial charge in [-0.25, -0.2) is 0 Å². The van der Waals surface area contributed by atoms with Crippen molar-refractivity contribution in [2.75, 3.05) is 20.7 Å². The lowest BCUT2D eigenvalue weighted by Crippen LogP contribution is -2.53. The average molecular weight is 259 g/mol. The van der Waals surface area contributed by atoms with Crippen LogP contribution in [0.25, 0.3) is 0 Å². The summed E-state index contributed by atoms with van der Waals surface area (Å²) >= 11 is 0. The van der Waals surface area contributed by atoms with Crippen LogP contribution in [0.3, 0.4) is 0 Å². The molecule has 1 aliphatic carbocycles. The van der Waals surface area contributed by atoms with Gasteiger partial charge < -0.3 is 9.64 Å². The molecular weight excluding hydrogens is 234 g/mol. The summed E-state index contributed by atoms with van der Waals surface area (Å²) in [5, 5.41) is 0. The second-order valence-electron chi connectivity index (χ2n) is 6.75. The van der Waals surface area contributed by atoms with Crippen LogP contribution < -0.4 is 4.74 Å². The van der Waals surface area contributed by atoms with E-state index >= 15 is 0 Å². The molecule has 2 nitrogen and oxygen atoms in total. The number of piperidine rings is 1. The number of likely N-dealkylation sites (N-methyl/N-ethyl adjacent to an activating group) is 1. The Bertz CT molecular complexity index is 480. The Kier molecular flexibility index (Phi) is 3.09. The van der Waals surface area contributed by atoms with Gasteiger partial charge in [0.25, 0.3) is 0 Å². The molecule has 1 heterocycles. The normalized spacial score (nSPS) is 29.5. The molecule has 0 saturated carbocycles. The minimum atomic E-state index is 0.251. The number of hydrogen-bond acceptors (Lipinski definition) is 2. The maximum atomic E-state index is 5.42. The van der Waals surface area contributed by atoms with E-state index in [1.54, 1.807) is 7.11 Å². The van der Waals surface area contributed by atoms with Crippen LogP contribution in [-0.2, 0) is 11.8 Å². The van der Waals surface area contributed by atoms with E-state index in [4.69, 9.17) is 4.74 Å². The van der Waals surface area contributed by atoms with Gasteiger partial charge in [0.15, 0.2) is 0 Å². The zero-order chi connectivity index (χ0) is 13.6. The van der Waals surface area contributed by atoms with Crippen molar-refractivity contribution in [2.45, 2.75) is 44.6 Å². The first kappa shape index (κ1) is 13.0. The molecule has 2 aliphatic rings. The van der Waals surface area contributed by atoms with Gasteiger partial charge in [-0.3, -0.25) is 0 Å². The van der Waals surface area contributed by atoms with E-state index in [9.17, 15) is 0 Å². The molecule has 0 aromatic heterocycles. The molecule has 0 N–H and O–H groups in total. The monoisotopic (exact) mass is 259 g/mol. The van der Waals surface area contributed by atoms with Crippen LogP contribution in [0.4, 0.5) is 0 Å². The number of fused-ring (bicyclic) bond motifs is 2. The Hall–Kier alpha value is -1.02. The van der Waals surface area contributed by atoms with E-state index in [1.807, 2.05) is 0 Å². The van der Waals surface area contributed by atoms with Crippen molar-refractivity contribution in [3.05, 3.63) is 29.3 Å². The molecule has 0 spiro atoms. The summed E-state index contributed by atoms with van der Waals surface area (Å²) in [5.74, 6) is 1.76. The first-order valence-corrected chi connectivity index (χ1v) is 7.41. The topological polar surface area (TPSA) is 12.5 Å². The van der Waals surface area contributed by atoms with Gasteiger partial charge in [0.05, 0.1) is 7.11 Å². The summed E-state index contributed by atoms with van der Waals surface area (Å²) in [6.45, 7) is 6.09. The van der Waals surface area contributed by atoms with Crippen LogP contribution in [0.15, 0.2) is 18.2 Å². The molecule has 0 bridgehead atoms. The smallest absolute Gasteiger partial charge is 0.119 e. The van der Waals surface area contributed by atoms with Crippen LogP contribution in [0.5, 0.6) is 5.75 Å². The van der Waals surface area contributed by atoms with Gasteiger partial charge in [-0.05, 0) is 67.4 Å². The summed E-state index contributed by atoms with van der Waals surface area (Å²) < 4.78 is 5.42. The Balaban J connectivity index is 2.07. The number of hydrogen-bond donors (Lipinski definition) is 0. The quantitative estimate of drug-likeness (QED) is 0.767. The van der Waals surface area contributed by atoms with E-state index in [1.165, 1.54) is 36.9 Å². The largest absolute Gasteiger partial charge is 0.497 e. The minimum Gasteiger partial charge on any atom is -0.497 e. The number of methoxy groups -OCH3 is 1. The molecule has 104 valence electrons. The molecule has 0 amide bonds. The predicted molar refractivity (Wildman–Crippen MR) is 78.9 cm³/mol. The van der Waals surface area contributed by atoms with Crippen molar-refractivity contribution in [1.82, 2.24) is 4.90 Å². The highest BCUT2D eigenvalue weighted by molar-refractivity contribution is 5.43. The lowest BCUT2D eigenvalue weighted by Gasteiger charge is -2.51. The van der Waals surface area contributed by atoms with E-state index in [-0.39, 0.29) is 5.41 Å². The highest BCUT2D eigenvalue weighted by Gasteiger charge is 2.45. The SMILES string of the molecule is COc1ccc2c(c1)C(C)(C)[C@H]1CCCN(C)[C@@H]1C2. The third-order valence-corrected chi connectivity index (χ3v) is 5.42. The van der Waals surface area contributed by atoms with Crippen molar-refractivity contribution in [1.29, 1.82) is 0 Å². The van der Waals surface area contributed by atoms with Crippen LogP contribution in [0.2, 0.25) is 0 Å². The van der Waals surface area contributed by atoms with Crippen LogP contribution >= 0.6 is 0 Å². The van der Waals surface area contributed by atoms with Gasteiger partial charge in [-0.1, -0.05) is 19.9 Å². The fourth-order valence-electron chi connectivity index (χ4n) is 4.25. The van der Waals surface area contributed by atoms with Crippen molar-refractivity contribution < 1.29 is 4.74 Å². The number of ether oxygens (including phenoxy) is 1. The van der Waals surface area contributed by atoms with Crippen LogP contribution in [-0.4, -0.2) is 31.6 Å². The molecule has 2 atom stereocenters. The Morgan fingerprint density at radius 3 is 2.84 bits per heavy atom. The fourth-order valence-corrected chi connectivity index (χ4v) is 4.25. The highest BCUT2D eigenvalue weighted by Crippen LogP contribution is 2.47. The van der Waals surface area contributed by atoms with Gasteiger partial charge in [0, 0.05) is 6.04 Å². The second kappa shape index (κ2) is 4.52. The summed E-state index contributed by atoms with van der Waals surface area (Å²) in [4.78, 5) is 2.57. The number of nitrogens with zero attached hydrogens (tertiary/aromatic N) is 1. The van der Waals surface area contributed by atoms with Gasteiger partial charge in [0.2, 0.25) is 0 Å². The van der Waals surface area contributed by atoms with E-state index in [2.05, 4.69) is 44.0 Å². The van der Waals surface area contributed by atoms with Crippen molar-refractivity contribution in [3.63, 3.8) is 0 Å². The molecule has 1 aromatic carbocycles. The average Bonchev–Trinajstić information content (AvgIpc) is 2.40. The molecule has 0 radical (unpaired) electrons. The second-order valence-corrected chi connectivity index (χ2v) is 6.75. The fraction of sp³-hybridized carbons (Fsp3) is 0.647. The minimum absolute atomic E-state index is 0.251. The van der Waals surface area contributed by atoms with Crippen LogP contribution in [0.1, 0.15) is 37.8 Å². The first-order chi connectivity index (χ1) is 9.04. The molecule has 3 rings (SSSR count). The van der Waals surface area contributed by atoms with Crippen molar-refractivity contribution >= 4 is 0 Å². The van der Waals surface area contributed by atoms with Gasteiger partial charge in [0.1, 0.15) is 5.75 Å². The van der Waals surface area contributed by atoms with E-state index < -0.39 is 0 Å². The molecule has 2 heteroatoms. The van der Waals surface area contributed by atoms with E-state index in [0.717, 1.165) is 11.7 Å². The molecule has 19 heavy (non-hydrogen) atoms. The van der Waals surface area contributed by atoms with Crippen LogP contribution in [0, 0.1) is 5.92 Å². The predicted octanol–water partition coefficient (Wildman–Crippen LogP) is 3.24. The van der Waals surface area contributed by atoms with Crippen molar-refractivity contribution in [3.8, 4) is 5.75 Å². The summed E-state index contributed by atoms with van der Waals surface area (Å²) in [7, 11) is 4.05.